The van der Waals surface area contributed by atoms with E-state index < -0.39 is 6.04 Å². The molecule has 31 heavy (non-hydrogen) atoms. The lowest BCUT2D eigenvalue weighted by Crippen LogP contribution is -2.44. The summed E-state index contributed by atoms with van der Waals surface area (Å²) in [5.74, 6) is -0.305. The fraction of sp³-hybridized carbons (Fsp3) is 0.364. The Labute approximate surface area is 196 Å². The van der Waals surface area contributed by atoms with Crippen LogP contribution in [-0.4, -0.2) is 60.9 Å². The number of nitrogens with zero attached hydrogens (tertiary/aromatic N) is 3. The predicted octanol–water partition coefficient (Wildman–Crippen LogP) is 3.61. The van der Waals surface area contributed by atoms with Crippen molar-refractivity contribution in [2.45, 2.75) is 19.0 Å². The van der Waals surface area contributed by atoms with Crippen molar-refractivity contribution in [2.24, 2.45) is 0 Å². The molecule has 2 aromatic rings. The lowest BCUT2D eigenvalue weighted by atomic mass is 10.1. The largest absolute Gasteiger partial charge is 0.374 e. The van der Waals surface area contributed by atoms with Gasteiger partial charge in [-0.2, -0.15) is 0 Å². The molecule has 0 saturated carbocycles. The van der Waals surface area contributed by atoms with Crippen molar-refractivity contribution in [1.29, 1.82) is 0 Å². The molecule has 2 fully saturated rings. The first-order chi connectivity index (χ1) is 14.9. The average molecular weight is 479 g/mol. The molecule has 6 nitrogen and oxygen atoms in total. The molecule has 0 aliphatic carbocycles. The Morgan fingerprint density at radius 3 is 2.68 bits per heavy atom. The second kappa shape index (κ2) is 9.61. The third-order valence-electron chi connectivity index (χ3n) is 5.61. The van der Waals surface area contributed by atoms with E-state index in [-0.39, 0.29) is 18.4 Å². The van der Waals surface area contributed by atoms with Crippen LogP contribution in [0.4, 0.5) is 5.00 Å². The molecule has 1 aromatic carbocycles. The van der Waals surface area contributed by atoms with E-state index in [1.165, 1.54) is 11.3 Å². The maximum absolute atomic E-state index is 13.2. The number of anilines is 1. The Hall–Kier alpha value is -2.06. The van der Waals surface area contributed by atoms with E-state index in [1.54, 1.807) is 23.1 Å². The van der Waals surface area contributed by atoms with Crippen molar-refractivity contribution in [3.05, 3.63) is 63.1 Å². The topological polar surface area (TPSA) is 55.9 Å². The van der Waals surface area contributed by atoms with Gasteiger partial charge in [0, 0.05) is 61.0 Å². The number of thiophene rings is 1. The van der Waals surface area contributed by atoms with Crippen LogP contribution in [-0.2, 0) is 16.1 Å². The van der Waals surface area contributed by atoms with Gasteiger partial charge >= 0.3 is 0 Å². The Balaban J connectivity index is 1.51. The molecule has 3 heterocycles. The summed E-state index contributed by atoms with van der Waals surface area (Å²) in [6.07, 6.45) is 2.32. The second-order valence-corrected chi connectivity index (χ2v) is 9.56. The van der Waals surface area contributed by atoms with Crippen molar-refractivity contribution in [3.63, 3.8) is 0 Å². The van der Waals surface area contributed by atoms with Crippen molar-refractivity contribution in [1.82, 2.24) is 15.1 Å². The van der Waals surface area contributed by atoms with E-state index in [0.717, 1.165) is 36.7 Å². The molecule has 164 valence electrons. The summed E-state index contributed by atoms with van der Waals surface area (Å²) in [7, 11) is 2.09. The van der Waals surface area contributed by atoms with Crippen LogP contribution in [0.5, 0.6) is 0 Å². The highest BCUT2D eigenvalue weighted by Gasteiger charge is 2.41. The van der Waals surface area contributed by atoms with Crippen LogP contribution in [0.25, 0.3) is 0 Å². The van der Waals surface area contributed by atoms with Gasteiger partial charge in [0.15, 0.2) is 0 Å². The summed E-state index contributed by atoms with van der Waals surface area (Å²) in [6, 6.07) is 8.35. The number of amides is 2. The van der Waals surface area contributed by atoms with Crippen molar-refractivity contribution < 1.29 is 9.59 Å². The summed E-state index contributed by atoms with van der Waals surface area (Å²) >= 11 is 13.6. The number of likely N-dealkylation sites (N-methyl/N-ethyl adjacent to an activating group) is 1. The molecule has 1 N–H and O–H groups in total. The number of hydrogen-bond acceptors (Lipinski definition) is 5. The lowest BCUT2D eigenvalue weighted by molar-refractivity contribution is -0.123. The molecular formula is C22H24Cl2N4O2S. The summed E-state index contributed by atoms with van der Waals surface area (Å²) in [5.41, 5.74) is 1.45. The average Bonchev–Trinajstić information content (AvgIpc) is 3.37. The van der Waals surface area contributed by atoms with E-state index >= 15 is 0 Å². The second-order valence-electron chi connectivity index (χ2n) is 7.79. The van der Waals surface area contributed by atoms with Gasteiger partial charge in [-0.25, -0.2) is 0 Å². The van der Waals surface area contributed by atoms with Gasteiger partial charge in [-0.15, -0.1) is 11.3 Å². The molecule has 0 unspecified atom stereocenters. The SMILES string of the molecule is CN1CCN(/C=C2\C[C@@H](C(=O)NCc3ccc(Cl)cc3Cl)N(c3cccs3)C2=O)CC1. The van der Waals surface area contributed by atoms with Gasteiger partial charge in [0.25, 0.3) is 5.91 Å². The fourth-order valence-electron chi connectivity index (χ4n) is 3.80. The van der Waals surface area contributed by atoms with Gasteiger partial charge in [0.05, 0.1) is 5.00 Å². The number of benzene rings is 1. The van der Waals surface area contributed by atoms with Crippen LogP contribution >= 0.6 is 34.5 Å². The maximum Gasteiger partial charge on any atom is 0.257 e. The minimum Gasteiger partial charge on any atom is -0.374 e. The Bertz CT molecular complexity index is 987. The summed E-state index contributed by atoms with van der Waals surface area (Å²) < 4.78 is 0. The van der Waals surface area contributed by atoms with E-state index in [1.807, 2.05) is 23.7 Å². The predicted molar refractivity (Wildman–Crippen MR) is 126 cm³/mol. The molecule has 2 amide bonds. The Kier molecular flexibility index (Phi) is 6.86. The van der Waals surface area contributed by atoms with Crippen LogP contribution < -0.4 is 10.2 Å². The van der Waals surface area contributed by atoms with Gasteiger partial charge in [0.2, 0.25) is 5.91 Å². The van der Waals surface area contributed by atoms with E-state index in [9.17, 15) is 9.59 Å². The highest BCUT2D eigenvalue weighted by atomic mass is 35.5. The van der Waals surface area contributed by atoms with Crippen LogP contribution in [0, 0.1) is 0 Å². The zero-order valence-electron chi connectivity index (χ0n) is 17.2. The number of hydrogen-bond donors (Lipinski definition) is 1. The van der Waals surface area contributed by atoms with Gasteiger partial charge < -0.3 is 15.1 Å². The van der Waals surface area contributed by atoms with Gasteiger partial charge in [-0.3, -0.25) is 14.5 Å². The number of nitrogens with one attached hydrogen (secondary N) is 1. The molecule has 9 heteroatoms. The van der Waals surface area contributed by atoms with Crippen LogP contribution in [0.15, 0.2) is 47.5 Å². The third kappa shape index (κ3) is 5.06. The summed E-state index contributed by atoms with van der Waals surface area (Å²) in [6.45, 7) is 3.93. The maximum atomic E-state index is 13.2. The molecule has 1 atom stereocenters. The minimum atomic E-state index is -0.587. The molecule has 0 spiro atoms. The molecule has 0 radical (unpaired) electrons. The summed E-state index contributed by atoms with van der Waals surface area (Å²) in [4.78, 5) is 32.4. The standard InChI is InChI=1S/C22H24Cl2N4O2S/c1-26-6-8-27(9-7-26)14-16-11-19(28(22(16)30)20-3-2-10-31-20)21(29)25-13-15-4-5-17(23)12-18(15)24/h2-5,10,12,14,19H,6-9,11,13H2,1H3,(H,25,29)/b16-14+/t19-/m0/s1. The zero-order valence-corrected chi connectivity index (χ0v) is 19.5. The smallest absolute Gasteiger partial charge is 0.257 e. The highest BCUT2D eigenvalue weighted by molar-refractivity contribution is 7.14. The molecule has 4 rings (SSSR count). The van der Waals surface area contributed by atoms with Crippen LogP contribution in [0.2, 0.25) is 10.0 Å². The van der Waals surface area contributed by atoms with Crippen LogP contribution in [0.1, 0.15) is 12.0 Å². The molecule has 2 saturated heterocycles. The zero-order chi connectivity index (χ0) is 22.0. The number of halogens is 2. The van der Waals surface area contributed by atoms with E-state index in [2.05, 4.69) is 22.2 Å². The molecule has 2 aliphatic heterocycles. The highest BCUT2D eigenvalue weighted by Crippen LogP contribution is 2.33. The Morgan fingerprint density at radius 2 is 2.00 bits per heavy atom. The van der Waals surface area contributed by atoms with Gasteiger partial charge in [-0.05, 0) is 42.3 Å². The normalized spacial score (nSPS) is 21.2. The fourth-order valence-corrected chi connectivity index (χ4v) is 5.05. The van der Waals surface area contributed by atoms with Gasteiger partial charge in [0.1, 0.15) is 6.04 Å². The van der Waals surface area contributed by atoms with Crippen molar-refractivity contribution >= 4 is 51.4 Å². The molecular weight excluding hydrogens is 455 g/mol. The monoisotopic (exact) mass is 478 g/mol. The van der Waals surface area contributed by atoms with Crippen molar-refractivity contribution in [3.8, 4) is 0 Å². The first-order valence-corrected chi connectivity index (χ1v) is 11.8. The lowest BCUT2D eigenvalue weighted by Gasteiger charge is -2.31. The van der Waals surface area contributed by atoms with E-state index in [0.29, 0.717) is 22.0 Å². The number of carbonyl (C=O) groups excluding carboxylic acids is 2. The van der Waals surface area contributed by atoms with Gasteiger partial charge in [-0.1, -0.05) is 29.3 Å². The van der Waals surface area contributed by atoms with Crippen LogP contribution in [0.3, 0.4) is 0 Å². The quantitative estimate of drug-likeness (QED) is 0.666. The first kappa shape index (κ1) is 22.1. The molecule has 2 aliphatic rings. The van der Waals surface area contributed by atoms with E-state index in [4.69, 9.17) is 23.2 Å². The van der Waals surface area contributed by atoms with Crippen molar-refractivity contribution in [2.75, 3.05) is 38.1 Å². The number of piperazine rings is 1. The summed E-state index contributed by atoms with van der Waals surface area (Å²) in [5, 5.41) is 6.67. The molecule has 0 bridgehead atoms. The Morgan fingerprint density at radius 1 is 1.23 bits per heavy atom. The minimum absolute atomic E-state index is 0.106. The first-order valence-electron chi connectivity index (χ1n) is 10.1. The molecule has 1 aromatic heterocycles. The number of rotatable bonds is 5. The third-order valence-corrected chi connectivity index (χ3v) is 7.06. The number of carbonyl (C=O) groups is 2.